The summed E-state index contributed by atoms with van der Waals surface area (Å²) in [4.78, 5) is 12.8. The summed E-state index contributed by atoms with van der Waals surface area (Å²) in [5.41, 5.74) is 0. The van der Waals surface area contributed by atoms with Crippen molar-refractivity contribution in [1.82, 2.24) is 15.0 Å². The second-order valence-corrected chi connectivity index (χ2v) is 4.37. The van der Waals surface area contributed by atoms with Crippen LogP contribution in [0.25, 0.3) is 0 Å². The molecule has 1 rings (SSSR count). The van der Waals surface area contributed by atoms with Gasteiger partial charge in [-0.15, -0.1) is 0 Å². The topological polar surface area (TPSA) is 102 Å². The van der Waals surface area contributed by atoms with Crippen LogP contribution in [-0.2, 0) is 14.2 Å². The molecule has 0 bridgehead atoms. The Balaban J connectivity index is 2.95. The van der Waals surface area contributed by atoms with E-state index < -0.39 is 0 Å². The van der Waals surface area contributed by atoms with Gasteiger partial charge >= 0.3 is 0 Å². The van der Waals surface area contributed by atoms with E-state index in [1.165, 1.54) is 0 Å². The summed E-state index contributed by atoms with van der Waals surface area (Å²) in [6.07, 6.45) is -0.687. The first-order chi connectivity index (χ1) is 9.98. The first-order valence-electron chi connectivity index (χ1n) is 6.62. The molecular formula is C12H24N6O3. The second-order valence-electron chi connectivity index (χ2n) is 4.37. The highest BCUT2D eigenvalue weighted by atomic mass is 16.5. The molecular weight excluding hydrogens is 276 g/mol. The Morgan fingerprint density at radius 3 is 1.05 bits per heavy atom. The maximum absolute atomic E-state index is 5.14. The molecule has 1 aromatic heterocycles. The molecule has 0 amide bonds. The summed E-state index contributed by atoms with van der Waals surface area (Å²) >= 11 is 0. The van der Waals surface area contributed by atoms with Crippen LogP contribution in [0.2, 0.25) is 0 Å². The van der Waals surface area contributed by atoms with Crippen LogP contribution in [0.3, 0.4) is 0 Å². The molecule has 1 heterocycles. The second kappa shape index (κ2) is 8.55. The summed E-state index contributed by atoms with van der Waals surface area (Å²) in [5, 5.41) is 9.03. The van der Waals surface area contributed by atoms with Gasteiger partial charge in [0.25, 0.3) is 0 Å². The average Bonchev–Trinajstić information content (AvgIpc) is 2.46. The first-order valence-corrected chi connectivity index (χ1v) is 6.62. The predicted octanol–water partition coefficient (Wildman–Crippen LogP) is 1.08. The fourth-order valence-corrected chi connectivity index (χ4v) is 1.29. The van der Waals surface area contributed by atoms with Crippen LogP contribution >= 0.6 is 0 Å². The van der Waals surface area contributed by atoms with Crippen LogP contribution in [0.4, 0.5) is 17.8 Å². The minimum absolute atomic E-state index is 0.229. The zero-order chi connectivity index (χ0) is 15.8. The van der Waals surface area contributed by atoms with Crippen molar-refractivity contribution in [2.45, 2.75) is 39.5 Å². The van der Waals surface area contributed by atoms with Gasteiger partial charge in [0.15, 0.2) is 0 Å². The molecule has 0 saturated carbocycles. The standard InChI is InChI=1S/C12H24N6O3/c1-7(19-4)13-10-16-11(14-8(2)20-5)18-12(17-10)15-9(3)21-6/h7-9H,1-6H3,(H3,13,14,15,16,17,18). The summed E-state index contributed by atoms with van der Waals surface area (Å²) in [6.45, 7) is 5.54. The van der Waals surface area contributed by atoms with Gasteiger partial charge in [0.1, 0.15) is 18.7 Å². The van der Waals surface area contributed by atoms with Crippen molar-refractivity contribution in [3.05, 3.63) is 0 Å². The van der Waals surface area contributed by atoms with Crippen molar-refractivity contribution in [3.63, 3.8) is 0 Å². The molecule has 0 saturated heterocycles. The molecule has 0 spiro atoms. The van der Waals surface area contributed by atoms with E-state index >= 15 is 0 Å². The van der Waals surface area contributed by atoms with Crippen molar-refractivity contribution < 1.29 is 14.2 Å². The number of hydrogen-bond donors (Lipinski definition) is 3. The molecule has 0 aliphatic rings. The Morgan fingerprint density at radius 1 is 0.619 bits per heavy atom. The van der Waals surface area contributed by atoms with Gasteiger partial charge in [-0.2, -0.15) is 15.0 Å². The number of nitrogens with one attached hydrogen (secondary N) is 3. The van der Waals surface area contributed by atoms with Gasteiger partial charge in [0.05, 0.1) is 0 Å². The van der Waals surface area contributed by atoms with Gasteiger partial charge in [-0.05, 0) is 20.8 Å². The molecule has 3 N–H and O–H groups in total. The Kier molecular flexibility index (Phi) is 7.06. The average molecular weight is 300 g/mol. The highest BCUT2D eigenvalue weighted by Crippen LogP contribution is 2.12. The lowest BCUT2D eigenvalue weighted by molar-refractivity contribution is 0.138. The fourth-order valence-electron chi connectivity index (χ4n) is 1.29. The van der Waals surface area contributed by atoms with Crippen LogP contribution in [0.1, 0.15) is 20.8 Å². The zero-order valence-electron chi connectivity index (χ0n) is 13.3. The zero-order valence-corrected chi connectivity index (χ0v) is 13.3. The summed E-state index contributed by atoms with van der Waals surface area (Å²) in [6, 6.07) is 0. The Morgan fingerprint density at radius 2 is 0.857 bits per heavy atom. The van der Waals surface area contributed by atoms with E-state index in [0.717, 1.165) is 0 Å². The highest BCUT2D eigenvalue weighted by Gasteiger charge is 2.12. The highest BCUT2D eigenvalue weighted by molar-refractivity contribution is 5.42. The number of anilines is 3. The van der Waals surface area contributed by atoms with Gasteiger partial charge in [-0.3, -0.25) is 0 Å². The molecule has 0 radical (unpaired) electrons. The largest absolute Gasteiger partial charge is 0.362 e. The van der Waals surface area contributed by atoms with E-state index in [0.29, 0.717) is 17.8 Å². The van der Waals surface area contributed by atoms with E-state index in [4.69, 9.17) is 14.2 Å². The van der Waals surface area contributed by atoms with Crippen LogP contribution in [0.5, 0.6) is 0 Å². The van der Waals surface area contributed by atoms with E-state index in [2.05, 4.69) is 30.9 Å². The molecule has 120 valence electrons. The number of nitrogens with zero attached hydrogens (tertiary/aromatic N) is 3. The number of methoxy groups -OCH3 is 3. The molecule has 0 aliphatic heterocycles. The van der Waals surface area contributed by atoms with Crippen molar-refractivity contribution in [2.75, 3.05) is 37.3 Å². The van der Waals surface area contributed by atoms with Crippen molar-refractivity contribution in [3.8, 4) is 0 Å². The molecule has 0 aromatic carbocycles. The van der Waals surface area contributed by atoms with Gasteiger partial charge < -0.3 is 30.2 Å². The van der Waals surface area contributed by atoms with E-state index in [1.54, 1.807) is 21.3 Å². The Bertz CT molecular complexity index is 359. The lowest BCUT2D eigenvalue weighted by Crippen LogP contribution is -2.24. The van der Waals surface area contributed by atoms with Gasteiger partial charge in [-0.1, -0.05) is 0 Å². The van der Waals surface area contributed by atoms with Gasteiger partial charge in [0, 0.05) is 21.3 Å². The number of rotatable bonds is 9. The maximum Gasteiger partial charge on any atom is 0.231 e. The summed E-state index contributed by atoms with van der Waals surface area (Å²) < 4.78 is 15.4. The Labute approximate surface area is 124 Å². The third-order valence-electron chi connectivity index (χ3n) is 2.69. The minimum Gasteiger partial charge on any atom is -0.362 e. The van der Waals surface area contributed by atoms with Crippen LogP contribution in [-0.4, -0.2) is 55.0 Å². The van der Waals surface area contributed by atoms with Crippen LogP contribution in [0, 0.1) is 0 Å². The molecule has 3 unspecified atom stereocenters. The minimum atomic E-state index is -0.229. The quantitative estimate of drug-likeness (QED) is 0.578. The third-order valence-corrected chi connectivity index (χ3v) is 2.69. The number of hydrogen-bond acceptors (Lipinski definition) is 9. The van der Waals surface area contributed by atoms with Crippen LogP contribution in [0.15, 0.2) is 0 Å². The SMILES string of the molecule is COC(C)Nc1nc(NC(C)OC)nc(NC(C)OC)n1. The van der Waals surface area contributed by atoms with Crippen molar-refractivity contribution in [1.29, 1.82) is 0 Å². The maximum atomic E-state index is 5.14. The predicted molar refractivity (Wildman–Crippen MR) is 80.1 cm³/mol. The van der Waals surface area contributed by atoms with Gasteiger partial charge in [-0.25, -0.2) is 0 Å². The lowest BCUT2D eigenvalue weighted by atomic mass is 10.6. The monoisotopic (exact) mass is 300 g/mol. The number of ether oxygens (including phenoxy) is 3. The van der Waals surface area contributed by atoms with Crippen molar-refractivity contribution in [2.24, 2.45) is 0 Å². The number of aromatic nitrogens is 3. The van der Waals surface area contributed by atoms with Gasteiger partial charge in [0.2, 0.25) is 17.8 Å². The Hall–Kier alpha value is -1.71. The molecule has 9 heteroatoms. The summed E-state index contributed by atoms with van der Waals surface area (Å²) in [5.74, 6) is 1.16. The fraction of sp³-hybridized carbons (Fsp3) is 0.750. The third kappa shape index (κ3) is 6.06. The lowest BCUT2D eigenvalue weighted by Gasteiger charge is -2.17. The molecule has 1 aromatic rings. The molecule has 9 nitrogen and oxygen atoms in total. The normalized spacial score (nSPS) is 15.1. The van der Waals surface area contributed by atoms with E-state index in [9.17, 15) is 0 Å². The molecule has 3 atom stereocenters. The first kappa shape index (κ1) is 17.3. The van der Waals surface area contributed by atoms with E-state index in [-0.39, 0.29) is 18.7 Å². The molecule has 21 heavy (non-hydrogen) atoms. The van der Waals surface area contributed by atoms with Crippen LogP contribution < -0.4 is 16.0 Å². The molecule has 0 aliphatic carbocycles. The van der Waals surface area contributed by atoms with E-state index in [1.807, 2.05) is 20.8 Å². The summed E-state index contributed by atoms with van der Waals surface area (Å²) in [7, 11) is 4.78. The van der Waals surface area contributed by atoms with Crippen molar-refractivity contribution >= 4 is 17.8 Å². The molecule has 0 fully saturated rings. The smallest absolute Gasteiger partial charge is 0.231 e.